The summed E-state index contributed by atoms with van der Waals surface area (Å²) in [5, 5.41) is 7.45. The average molecular weight is 1760 g/mol. The number of aliphatic carboxylic acids is 1. The Morgan fingerprint density at radius 1 is 0.303 bits per heavy atom. The van der Waals surface area contributed by atoms with Crippen molar-refractivity contribution in [1.82, 2.24) is 0 Å². The van der Waals surface area contributed by atoms with Gasteiger partial charge in [0.1, 0.15) is 0 Å². The van der Waals surface area contributed by atoms with E-state index in [0.29, 0.717) is 19.3 Å². The third-order valence-corrected chi connectivity index (χ3v) is 25.3. The molecule has 109 heavy (non-hydrogen) atoms. The van der Waals surface area contributed by atoms with Crippen molar-refractivity contribution < 1.29 is 43.2 Å². The molecule has 670 valence electrons. The van der Waals surface area contributed by atoms with Gasteiger partial charge in [-0.2, -0.15) is 0 Å². The molecule has 0 amide bonds. The third-order valence-electron chi connectivity index (χ3n) is 23.7. The molecule has 0 heterocycles. The number of carbonyl (C=O) groups excluding carboxylic acids is 3. The normalized spacial score (nSPS) is 27.5. The summed E-state index contributed by atoms with van der Waals surface area (Å²) < 4.78 is 19.4. The molecule has 12 heteroatoms. The van der Waals surface area contributed by atoms with Gasteiger partial charge in [0.05, 0.1) is 12.9 Å². The highest BCUT2D eigenvalue weighted by atomic mass is 127. The Bertz CT molecular complexity index is 1390. The van der Waals surface area contributed by atoms with Crippen molar-refractivity contribution >= 4 is 69.8 Å². The molecule has 16 aliphatic rings. The van der Waals surface area contributed by atoms with Crippen molar-refractivity contribution in [3.8, 4) is 0 Å². The van der Waals surface area contributed by atoms with Crippen molar-refractivity contribution in [3.63, 3.8) is 0 Å². The molecule has 0 aliphatic heterocycles. The second-order valence-electron chi connectivity index (χ2n) is 30.8. The Morgan fingerprint density at radius 2 is 0.413 bits per heavy atom. The molecule has 0 unspecified atom stereocenters. The van der Waals surface area contributed by atoms with E-state index in [2.05, 4.69) is 27.2 Å². The van der Waals surface area contributed by atoms with Crippen LogP contribution in [0.4, 0.5) is 0 Å². The zero-order valence-electron chi connectivity index (χ0n) is 64.4. The Hall–Kier alpha value is -0.600. The lowest BCUT2D eigenvalue weighted by Gasteiger charge is -2.05. The average Bonchev–Trinajstić information content (AvgIpc) is 1.82. The lowest BCUT2D eigenvalue weighted by molar-refractivity contribution is -0.136. The smallest absolute Gasteiger partial charge is 0.303 e. The van der Waals surface area contributed by atoms with Gasteiger partial charge in [-0.3, -0.25) is 19.2 Å². The van der Waals surface area contributed by atoms with Gasteiger partial charge in [0, 0.05) is 65.3 Å². The number of ether oxygens (including phenoxy) is 4. The molecule has 0 aromatic carbocycles. The number of carbonyl (C=O) groups is 4. The first-order valence-electron chi connectivity index (χ1n) is 41.1. The summed E-state index contributed by atoms with van der Waals surface area (Å²) in [5.41, 5.74) is 0. The summed E-state index contributed by atoms with van der Waals surface area (Å²) in [7, 11) is 0. The first-order chi connectivity index (χ1) is 46.3. The monoisotopic (exact) mass is 1760 g/mol. The summed E-state index contributed by atoms with van der Waals surface area (Å²) in [6.07, 6.45) is 65.9. The Balaban J connectivity index is -0.0000000816. The SMILES string of the molecule is C.C.C.C.C.C.C.C.C.C.C.C.C.C1CC2CCC1C2.C1CC2CCC1C2.C1CC2CCC1C2.C1CC2CCC1C2.C1CC2CCC1C2.C1CC2CCC1C2.C1CC2CCC1C2.C1CC2CCC1C2.C=COCC.CCC(=O)Br.CCC(=O)Cl.CCC(=O)I.CCC(=O)O.CCOCC.CCOCC.CCOCC. The summed E-state index contributed by atoms with van der Waals surface area (Å²) in [6.45, 7) is 29.9. The zero-order valence-corrected chi connectivity index (χ0v) is 68.9. The molecular weight excluding hydrogens is 1550 g/mol. The number of halogens is 3. The number of rotatable bonds is 12. The number of fused-ring (bicyclic) bond motifs is 16. The highest BCUT2D eigenvalue weighted by Crippen LogP contribution is 2.49. The lowest BCUT2D eigenvalue weighted by atomic mass is 10.0. The van der Waals surface area contributed by atoms with Gasteiger partial charge in [-0.15, -0.1) is 0 Å². The predicted molar refractivity (Wildman–Crippen MR) is 509 cm³/mol. The number of carboxylic acid groups (broad SMARTS) is 1. The molecule has 0 aromatic rings. The molecule has 1 N–H and O–H groups in total. The van der Waals surface area contributed by atoms with E-state index in [-0.39, 0.29) is 117 Å². The lowest BCUT2D eigenvalue weighted by Crippen LogP contribution is -1.90. The second-order valence-corrected chi connectivity index (χ2v) is 33.3. The van der Waals surface area contributed by atoms with Crippen molar-refractivity contribution in [1.29, 1.82) is 0 Å². The molecule has 16 aliphatic carbocycles. The van der Waals surface area contributed by atoms with Gasteiger partial charge in [-0.05, 0) is 245 Å². The van der Waals surface area contributed by atoms with Crippen LogP contribution in [0.25, 0.3) is 0 Å². The van der Waals surface area contributed by atoms with E-state index in [4.69, 9.17) is 30.9 Å². The minimum absolute atomic E-state index is 0. The molecule has 16 rings (SSSR count). The van der Waals surface area contributed by atoms with Crippen molar-refractivity contribution in [2.75, 3.05) is 46.2 Å². The summed E-state index contributed by atoms with van der Waals surface area (Å²) in [5.74, 6) is 18.0. The van der Waals surface area contributed by atoms with Gasteiger partial charge in [-0.1, -0.05) is 336 Å². The number of carboxylic acids is 1. The van der Waals surface area contributed by atoms with Crippen LogP contribution >= 0.6 is 50.1 Å². The van der Waals surface area contributed by atoms with Gasteiger partial charge in [0.15, 0.2) is 8.48 Å². The van der Waals surface area contributed by atoms with Crippen LogP contribution in [0.3, 0.4) is 0 Å². The minimum Gasteiger partial charge on any atom is -0.502 e. The maximum Gasteiger partial charge on any atom is 0.303 e. The number of hydrogen-bond acceptors (Lipinski definition) is 8. The summed E-state index contributed by atoms with van der Waals surface area (Å²) in [6, 6.07) is 0. The molecule has 0 saturated heterocycles. The van der Waals surface area contributed by atoms with E-state index in [1.807, 2.05) is 55.4 Å². The molecule has 16 saturated carbocycles. The molecule has 0 aromatic heterocycles. The van der Waals surface area contributed by atoms with Crippen LogP contribution in [0, 0.1) is 94.7 Å². The molecule has 0 spiro atoms. The minimum atomic E-state index is -0.745. The first-order valence-corrected chi connectivity index (χ1v) is 43.3. The highest BCUT2D eigenvalue weighted by Gasteiger charge is 2.35. The van der Waals surface area contributed by atoms with Crippen LogP contribution in [-0.2, 0) is 38.1 Å². The molecule has 0 radical (unpaired) electrons. The summed E-state index contributed by atoms with van der Waals surface area (Å²) in [4.78, 5) is 38.5. The van der Waals surface area contributed by atoms with E-state index < -0.39 is 5.97 Å². The van der Waals surface area contributed by atoms with Gasteiger partial charge in [0.25, 0.3) is 0 Å². The fraction of sp³-hybridized carbons (Fsp3) is 0.938. The van der Waals surface area contributed by atoms with Crippen LogP contribution in [0.1, 0.15) is 455 Å². The molecule has 9 nitrogen and oxygen atoms in total. The maximum absolute atomic E-state index is 9.80. The van der Waals surface area contributed by atoms with Crippen molar-refractivity contribution in [2.24, 2.45) is 94.7 Å². The third kappa shape index (κ3) is 73.5. The van der Waals surface area contributed by atoms with Crippen molar-refractivity contribution in [3.05, 3.63) is 12.8 Å². The highest BCUT2D eigenvalue weighted by molar-refractivity contribution is 14.1. The van der Waals surface area contributed by atoms with Crippen LogP contribution in [0.15, 0.2) is 12.8 Å². The number of hydrogen-bond donors (Lipinski definition) is 1. The fourth-order valence-corrected chi connectivity index (χ4v) is 18.1. The molecule has 16 fully saturated rings. The standard InChI is InChI=1S/8C7H12.3C4H10O.C4H8O.C3H5BrO.C3H5ClO.C3H5IO.C3H6O2.13CH4/c8*1-2-7-4-3-6(1)5-7;4*1-3-5-4-2;4*1-2-3(4)5;;;;;;;;;;;;;/h8*6-7H,1-5H2;3*3-4H2,1-2H3;3H,1,4H2,2H3;3*2H2,1H3;2H2,1H3,(H,4,5);13*1H4. The van der Waals surface area contributed by atoms with E-state index in [9.17, 15) is 19.2 Å². The Kier molecular flexibility index (Phi) is 115. The predicted octanol–water partition coefficient (Wildman–Crippen LogP) is 34.5. The Labute approximate surface area is 716 Å². The molecule has 0 atom stereocenters. The van der Waals surface area contributed by atoms with Crippen LogP contribution in [0.2, 0.25) is 0 Å². The van der Waals surface area contributed by atoms with Crippen LogP contribution in [-0.4, -0.2) is 71.0 Å². The van der Waals surface area contributed by atoms with Crippen LogP contribution in [0.5, 0.6) is 0 Å². The maximum atomic E-state index is 9.80. The second kappa shape index (κ2) is 91.3. The molecular formula is C97H207BrClIO9. The first kappa shape index (κ1) is 137. The fourth-order valence-electron chi connectivity index (χ4n) is 18.1. The quantitative estimate of drug-likeness (QED) is 0.115. The van der Waals surface area contributed by atoms with E-state index >= 15 is 0 Å². The van der Waals surface area contributed by atoms with Gasteiger partial charge in [0.2, 0.25) is 5.24 Å². The zero-order chi connectivity index (χ0) is 71.1. The Morgan fingerprint density at radius 3 is 0.422 bits per heavy atom. The van der Waals surface area contributed by atoms with E-state index in [1.165, 1.54) is 101 Å². The molecule has 16 bridgehead atoms. The van der Waals surface area contributed by atoms with E-state index in [1.54, 1.807) is 300 Å². The topological polar surface area (TPSA) is 125 Å². The van der Waals surface area contributed by atoms with E-state index in [0.717, 1.165) is 46.2 Å². The van der Waals surface area contributed by atoms with Gasteiger partial charge >= 0.3 is 5.97 Å². The van der Waals surface area contributed by atoms with Crippen molar-refractivity contribution in [2.45, 2.75) is 455 Å². The summed E-state index contributed by atoms with van der Waals surface area (Å²) >= 11 is 9.33. The van der Waals surface area contributed by atoms with Gasteiger partial charge < -0.3 is 24.1 Å². The largest absolute Gasteiger partial charge is 0.502 e. The van der Waals surface area contributed by atoms with Crippen LogP contribution < -0.4 is 0 Å². The van der Waals surface area contributed by atoms with Gasteiger partial charge in [-0.25, -0.2) is 0 Å².